The Morgan fingerprint density at radius 2 is 2.12 bits per heavy atom. The van der Waals surface area contributed by atoms with Gasteiger partial charge >= 0.3 is 0 Å². The largest absolute Gasteiger partial charge is 0.125 e. The summed E-state index contributed by atoms with van der Waals surface area (Å²) in [5.41, 5.74) is 4.35. The maximum absolute atomic E-state index is 3.95. The van der Waals surface area contributed by atoms with Gasteiger partial charge in [0.25, 0.3) is 0 Å². The molecule has 0 N–H and O–H groups in total. The first kappa shape index (κ1) is 14.1. The van der Waals surface area contributed by atoms with E-state index in [1.165, 1.54) is 12.8 Å². The molecule has 0 radical (unpaired) electrons. The molecule has 0 saturated heterocycles. The summed E-state index contributed by atoms with van der Waals surface area (Å²) in [6.45, 7) is 14.6. The van der Waals surface area contributed by atoms with Gasteiger partial charge in [0, 0.05) is 0 Å². The van der Waals surface area contributed by atoms with Crippen molar-refractivity contribution in [3.8, 4) is 0 Å². The Balaban J connectivity index is 2.35. The third-order valence-electron chi connectivity index (χ3n) is 3.48. The second-order valence-electron chi connectivity index (χ2n) is 5.78. The predicted molar refractivity (Wildman–Crippen MR) is 76.8 cm³/mol. The third kappa shape index (κ3) is 5.24. The fourth-order valence-electron chi connectivity index (χ4n) is 2.48. The highest BCUT2D eigenvalue weighted by molar-refractivity contribution is 5.17. The van der Waals surface area contributed by atoms with Crippen molar-refractivity contribution in [1.82, 2.24) is 0 Å². The van der Waals surface area contributed by atoms with E-state index in [1.807, 2.05) is 12.2 Å². The van der Waals surface area contributed by atoms with Crippen LogP contribution < -0.4 is 0 Å². The van der Waals surface area contributed by atoms with Crippen molar-refractivity contribution in [2.24, 2.45) is 23.7 Å². The lowest BCUT2D eigenvalue weighted by Crippen LogP contribution is -1.97. The van der Waals surface area contributed by atoms with Crippen LogP contribution in [-0.4, -0.2) is 0 Å². The predicted octanol–water partition coefficient (Wildman–Crippen LogP) is 5.15. The van der Waals surface area contributed by atoms with Crippen molar-refractivity contribution in [3.63, 3.8) is 0 Å². The minimum atomic E-state index is 0.659. The van der Waals surface area contributed by atoms with Crippen LogP contribution in [0.1, 0.15) is 40.0 Å². The van der Waals surface area contributed by atoms with Crippen molar-refractivity contribution >= 4 is 0 Å². The lowest BCUT2D eigenvalue weighted by molar-refractivity contribution is 0.478. The fourth-order valence-corrected chi connectivity index (χ4v) is 2.48. The third-order valence-corrected chi connectivity index (χ3v) is 3.48. The molecule has 0 bridgehead atoms. The smallest absolute Gasteiger partial charge is 0.00999 e. The minimum absolute atomic E-state index is 0.659. The molecule has 3 atom stereocenters. The van der Waals surface area contributed by atoms with Crippen LogP contribution in [0.3, 0.4) is 0 Å². The first-order valence-electron chi connectivity index (χ1n) is 6.75. The van der Waals surface area contributed by atoms with Gasteiger partial charge in [-0.3, -0.25) is 0 Å². The van der Waals surface area contributed by atoms with Crippen molar-refractivity contribution in [2.45, 2.75) is 40.0 Å². The number of hydrogen-bond acceptors (Lipinski definition) is 0. The summed E-state index contributed by atoms with van der Waals surface area (Å²) in [4.78, 5) is 0. The van der Waals surface area contributed by atoms with Crippen LogP contribution in [0, 0.1) is 23.7 Å². The lowest BCUT2D eigenvalue weighted by Gasteiger charge is -2.06. The summed E-state index contributed by atoms with van der Waals surface area (Å²) in [7, 11) is 0. The van der Waals surface area contributed by atoms with Crippen molar-refractivity contribution < 1.29 is 0 Å². The first-order valence-corrected chi connectivity index (χ1v) is 6.75. The lowest BCUT2D eigenvalue weighted by atomic mass is 9.99. The van der Waals surface area contributed by atoms with Crippen LogP contribution in [0.5, 0.6) is 0 Å². The molecule has 0 amide bonds. The van der Waals surface area contributed by atoms with Crippen LogP contribution in [0.15, 0.2) is 42.7 Å². The van der Waals surface area contributed by atoms with Gasteiger partial charge in [0.2, 0.25) is 0 Å². The van der Waals surface area contributed by atoms with Crippen LogP contribution in [0.2, 0.25) is 0 Å². The molecule has 1 aliphatic rings. The second kappa shape index (κ2) is 6.67. The molecule has 0 aliphatic heterocycles. The van der Waals surface area contributed by atoms with Crippen LogP contribution >= 0.6 is 0 Å². The number of hydrogen-bond donors (Lipinski definition) is 0. The minimum Gasteiger partial charge on any atom is -0.125 e. The molecule has 0 nitrogen and oxygen atoms in total. The molecule has 0 aromatic heterocycles. The molecule has 1 saturated carbocycles. The number of rotatable bonds is 7. The van der Waals surface area contributed by atoms with E-state index in [0.717, 1.165) is 29.7 Å². The zero-order valence-electron chi connectivity index (χ0n) is 11.6. The summed E-state index contributed by atoms with van der Waals surface area (Å²) in [6, 6.07) is 0. The molecule has 1 fully saturated rings. The van der Waals surface area contributed by atoms with E-state index in [4.69, 9.17) is 0 Å². The zero-order chi connectivity index (χ0) is 12.8. The number of allylic oxidation sites excluding steroid dienone is 3. The van der Waals surface area contributed by atoms with Gasteiger partial charge in [-0.15, -0.1) is 12.3 Å². The van der Waals surface area contributed by atoms with Gasteiger partial charge < -0.3 is 0 Å². The molecule has 1 rings (SSSR count). The summed E-state index contributed by atoms with van der Waals surface area (Å²) in [5, 5.41) is 0. The molecule has 94 valence electrons. The van der Waals surface area contributed by atoms with E-state index < -0.39 is 0 Å². The Morgan fingerprint density at radius 1 is 1.41 bits per heavy atom. The average Bonchev–Trinajstić information content (AvgIpc) is 2.96. The molecule has 0 spiro atoms. The summed E-state index contributed by atoms with van der Waals surface area (Å²) >= 11 is 0. The maximum Gasteiger partial charge on any atom is -0.00999 e. The Bertz CT molecular complexity index is 326. The SMILES string of the molecule is C=CCC(=C)C=C=CC(C)C1CC1CC(C)C. The van der Waals surface area contributed by atoms with Gasteiger partial charge in [0.15, 0.2) is 0 Å². The Labute approximate surface area is 107 Å². The van der Waals surface area contributed by atoms with Crippen LogP contribution in [-0.2, 0) is 0 Å². The molecule has 0 heteroatoms. The van der Waals surface area contributed by atoms with Crippen LogP contribution in [0.4, 0.5) is 0 Å². The van der Waals surface area contributed by atoms with Crippen molar-refractivity contribution in [3.05, 3.63) is 42.7 Å². The first-order chi connectivity index (χ1) is 8.04. The van der Waals surface area contributed by atoms with Gasteiger partial charge in [0.1, 0.15) is 0 Å². The van der Waals surface area contributed by atoms with E-state index in [-0.39, 0.29) is 0 Å². The highest BCUT2D eigenvalue weighted by Gasteiger charge is 2.39. The molecule has 3 unspecified atom stereocenters. The van der Waals surface area contributed by atoms with E-state index in [0.29, 0.717) is 5.92 Å². The zero-order valence-corrected chi connectivity index (χ0v) is 11.6. The Hall–Kier alpha value is -1.00. The van der Waals surface area contributed by atoms with Crippen molar-refractivity contribution in [2.75, 3.05) is 0 Å². The van der Waals surface area contributed by atoms with Crippen molar-refractivity contribution in [1.29, 1.82) is 0 Å². The summed E-state index contributed by atoms with van der Waals surface area (Å²) < 4.78 is 0. The molecular formula is C17H26. The molecule has 0 aromatic rings. The second-order valence-corrected chi connectivity index (χ2v) is 5.78. The highest BCUT2D eigenvalue weighted by atomic mass is 14.4. The van der Waals surface area contributed by atoms with Crippen LogP contribution in [0.25, 0.3) is 0 Å². The summed E-state index contributed by atoms with van der Waals surface area (Å²) in [6.07, 6.45) is 9.72. The molecule has 17 heavy (non-hydrogen) atoms. The normalized spacial score (nSPS) is 23.8. The standard InChI is InChI=1S/C17H26/c1-6-8-14(4)9-7-10-15(5)17-12-16(17)11-13(2)3/h6,9-10,13,15-17H,1,4,8,11-12H2,2-3,5H3. The van der Waals surface area contributed by atoms with E-state index >= 15 is 0 Å². The van der Waals surface area contributed by atoms with E-state index in [2.05, 4.69) is 45.7 Å². The molecule has 0 heterocycles. The van der Waals surface area contributed by atoms with Gasteiger partial charge in [-0.25, -0.2) is 0 Å². The van der Waals surface area contributed by atoms with Gasteiger partial charge in [-0.2, -0.15) is 0 Å². The molecule has 1 aliphatic carbocycles. The Morgan fingerprint density at radius 3 is 2.71 bits per heavy atom. The van der Waals surface area contributed by atoms with E-state index in [9.17, 15) is 0 Å². The Kier molecular flexibility index (Phi) is 5.51. The molecular weight excluding hydrogens is 204 g/mol. The quantitative estimate of drug-likeness (QED) is 0.322. The van der Waals surface area contributed by atoms with Gasteiger partial charge in [-0.05, 0) is 60.7 Å². The molecule has 0 aromatic carbocycles. The highest BCUT2D eigenvalue weighted by Crippen LogP contribution is 2.48. The maximum atomic E-state index is 3.95. The van der Waals surface area contributed by atoms with E-state index in [1.54, 1.807) is 0 Å². The van der Waals surface area contributed by atoms with Gasteiger partial charge in [0.05, 0.1) is 0 Å². The average molecular weight is 230 g/mol. The van der Waals surface area contributed by atoms with Gasteiger partial charge in [-0.1, -0.05) is 33.4 Å². The topological polar surface area (TPSA) is 0 Å². The fraction of sp³-hybridized carbons (Fsp3) is 0.588. The summed E-state index contributed by atoms with van der Waals surface area (Å²) in [5.74, 6) is 3.35. The monoisotopic (exact) mass is 230 g/mol.